The van der Waals surface area contributed by atoms with Gasteiger partial charge in [0.25, 0.3) is 0 Å². The second-order valence-electron chi connectivity index (χ2n) is 4.12. The average molecular weight is 270 g/mol. The Kier molecular flexibility index (Phi) is 5.06. The molecule has 18 heavy (non-hydrogen) atoms. The van der Waals surface area contributed by atoms with Gasteiger partial charge in [0, 0.05) is 38.0 Å². The first kappa shape index (κ1) is 13.4. The lowest BCUT2D eigenvalue weighted by atomic mass is 10.3. The quantitative estimate of drug-likeness (QED) is 0.802. The van der Waals surface area contributed by atoms with E-state index in [1.54, 1.807) is 0 Å². The molecule has 0 spiro atoms. The monoisotopic (exact) mass is 270 g/mol. The number of carbonyl (C=O) groups excluding carboxylic acids is 1. The SMILES string of the molecule is NCCC(=O)Nc1nc(CN2CCOCC2)cs1. The molecule has 1 aromatic rings. The zero-order chi connectivity index (χ0) is 12.8. The number of nitrogens with zero attached hydrogens (tertiary/aromatic N) is 2. The minimum Gasteiger partial charge on any atom is -0.379 e. The van der Waals surface area contributed by atoms with Crippen LogP contribution in [0.3, 0.4) is 0 Å². The van der Waals surface area contributed by atoms with Crippen molar-refractivity contribution in [2.45, 2.75) is 13.0 Å². The van der Waals surface area contributed by atoms with Crippen LogP contribution in [0.2, 0.25) is 0 Å². The van der Waals surface area contributed by atoms with Crippen molar-refractivity contribution >= 4 is 22.4 Å². The van der Waals surface area contributed by atoms with E-state index in [1.165, 1.54) is 11.3 Å². The van der Waals surface area contributed by atoms with Gasteiger partial charge in [0.15, 0.2) is 5.13 Å². The Hall–Kier alpha value is -1.02. The van der Waals surface area contributed by atoms with E-state index in [9.17, 15) is 4.79 Å². The van der Waals surface area contributed by atoms with Crippen LogP contribution in [0, 0.1) is 0 Å². The van der Waals surface area contributed by atoms with Crippen LogP contribution < -0.4 is 11.1 Å². The van der Waals surface area contributed by atoms with Gasteiger partial charge in [-0.05, 0) is 0 Å². The Morgan fingerprint density at radius 2 is 2.33 bits per heavy atom. The smallest absolute Gasteiger partial charge is 0.227 e. The molecule has 6 nitrogen and oxygen atoms in total. The highest BCUT2D eigenvalue weighted by atomic mass is 32.1. The molecule has 1 aromatic heterocycles. The topological polar surface area (TPSA) is 80.5 Å². The minimum atomic E-state index is -0.0789. The molecule has 2 heterocycles. The minimum absolute atomic E-state index is 0.0789. The van der Waals surface area contributed by atoms with Crippen LogP contribution in [-0.4, -0.2) is 48.6 Å². The van der Waals surface area contributed by atoms with E-state index < -0.39 is 0 Å². The molecule has 0 unspecified atom stereocenters. The molecule has 1 amide bonds. The summed E-state index contributed by atoms with van der Waals surface area (Å²) in [5, 5.41) is 5.38. The van der Waals surface area contributed by atoms with Crippen LogP contribution in [0.25, 0.3) is 0 Å². The summed E-state index contributed by atoms with van der Waals surface area (Å²) in [4.78, 5) is 18.0. The molecule has 7 heteroatoms. The summed E-state index contributed by atoms with van der Waals surface area (Å²) in [5.41, 5.74) is 6.31. The van der Waals surface area contributed by atoms with Gasteiger partial charge in [-0.2, -0.15) is 0 Å². The number of nitrogens with two attached hydrogens (primary N) is 1. The predicted octanol–water partition coefficient (Wildman–Crippen LogP) is 0.263. The normalized spacial score (nSPS) is 16.7. The summed E-state index contributed by atoms with van der Waals surface area (Å²) in [5.74, 6) is -0.0789. The number of morpholine rings is 1. The second kappa shape index (κ2) is 6.79. The molecule has 0 saturated carbocycles. The highest BCUT2D eigenvalue weighted by Crippen LogP contribution is 2.17. The first-order chi connectivity index (χ1) is 8.78. The lowest BCUT2D eigenvalue weighted by Crippen LogP contribution is -2.35. The van der Waals surface area contributed by atoms with Crippen molar-refractivity contribution < 1.29 is 9.53 Å². The summed E-state index contributed by atoms with van der Waals surface area (Å²) in [6.45, 7) is 4.61. The second-order valence-corrected chi connectivity index (χ2v) is 4.98. The zero-order valence-electron chi connectivity index (χ0n) is 10.2. The Labute approximate surface area is 110 Å². The van der Waals surface area contributed by atoms with E-state index in [-0.39, 0.29) is 5.91 Å². The van der Waals surface area contributed by atoms with E-state index in [0.29, 0.717) is 18.1 Å². The van der Waals surface area contributed by atoms with Crippen molar-refractivity contribution in [2.75, 3.05) is 38.2 Å². The number of rotatable bonds is 5. The highest BCUT2D eigenvalue weighted by molar-refractivity contribution is 7.13. The van der Waals surface area contributed by atoms with Crippen molar-refractivity contribution in [3.8, 4) is 0 Å². The Morgan fingerprint density at radius 1 is 1.56 bits per heavy atom. The van der Waals surface area contributed by atoms with E-state index in [4.69, 9.17) is 10.5 Å². The standard InChI is InChI=1S/C11H18N4O2S/c12-2-1-10(16)14-11-13-9(8-18-11)7-15-3-5-17-6-4-15/h8H,1-7,12H2,(H,13,14,16). The maximum atomic E-state index is 11.4. The Morgan fingerprint density at radius 3 is 3.06 bits per heavy atom. The predicted molar refractivity (Wildman–Crippen MR) is 70.5 cm³/mol. The van der Waals surface area contributed by atoms with Crippen LogP contribution >= 0.6 is 11.3 Å². The van der Waals surface area contributed by atoms with Crippen LogP contribution in [0.4, 0.5) is 5.13 Å². The van der Waals surface area contributed by atoms with Crippen LogP contribution in [0.15, 0.2) is 5.38 Å². The van der Waals surface area contributed by atoms with Crippen molar-refractivity contribution in [3.05, 3.63) is 11.1 Å². The summed E-state index contributed by atoms with van der Waals surface area (Å²) in [6.07, 6.45) is 0.332. The fraction of sp³-hybridized carbons (Fsp3) is 0.636. The van der Waals surface area contributed by atoms with Gasteiger partial charge in [-0.25, -0.2) is 4.98 Å². The summed E-state index contributed by atoms with van der Waals surface area (Å²) >= 11 is 1.45. The first-order valence-corrected chi connectivity index (χ1v) is 6.90. The largest absolute Gasteiger partial charge is 0.379 e. The summed E-state index contributed by atoms with van der Waals surface area (Å²) in [7, 11) is 0. The van der Waals surface area contributed by atoms with Gasteiger partial charge in [-0.15, -0.1) is 11.3 Å². The number of hydrogen-bond acceptors (Lipinski definition) is 6. The molecule has 1 aliphatic heterocycles. The number of hydrogen-bond donors (Lipinski definition) is 2. The van der Waals surface area contributed by atoms with Gasteiger partial charge >= 0.3 is 0 Å². The zero-order valence-corrected chi connectivity index (χ0v) is 11.0. The highest BCUT2D eigenvalue weighted by Gasteiger charge is 2.13. The molecule has 0 radical (unpaired) electrons. The van der Waals surface area contributed by atoms with Crippen LogP contribution in [0.5, 0.6) is 0 Å². The fourth-order valence-electron chi connectivity index (χ4n) is 1.74. The van der Waals surface area contributed by atoms with E-state index in [0.717, 1.165) is 38.5 Å². The maximum Gasteiger partial charge on any atom is 0.227 e. The third-order valence-corrected chi connectivity index (χ3v) is 3.47. The lowest BCUT2D eigenvalue weighted by molar-refractivity contribution is -0.116. The van der Waals surface area contributed by atoms with E-state index >= 15 is 0 Å². The first-order valence-electron chi connectivity index (χ1n) is 6.02. The number of carbonyl (C=O) groups is 1. The third kappa shape index (κ3) is 4.02. The molecular weight excluding hydrogens is 252 g/mol. The van der Waals surface area contributed by atoms with Crippen LogP contribution in [0.1, 0.15) is 12.1 Å². The molecule has 100 valence electrons. The molecule has 1 saturated heterocycles. The van der Waals surface area contributed by atoms with E-state index in [2.05, 4.69) is 15.2 Å². The molecule has 0 aromatic carbocycles. The average Bonchev–Trinajstić information content (AvgIpc) is 2.78. The summed E-state index contributed by atoms with van der Waals surface area (Å²) in [6, 6.07) is 0. The van der Waals surface area contributed by atoms with Crippen molar-refractivity contribution in [1.82, 2.24) is 9.88 Å². The maximum absolute atomic E-state index is 11.4. The van der Waals surface area contributed by atoms with Gasteiger partial charge in [0.2, 0.25) is 5.91 Å². The number of nitrogens with one attached hydrogen (secondary N) is 1. The van der Waals surface area contributed by atoms with Crippen molar-refractivity contribution in [1.29, 1.82) is 0 Å². The van der Waals surface area contributed by atoms with Gasteiger partial charge in [-0.3, -0.25) is 9.69 Å². The molecule has 1 aliphatic rings. The number of thiazole rings is 1. The van der Waals surface area contributed by atoms with E-state index in [1.807, 2.05) is 5.38 Å². The molecule has 0 atom stereocenters. The molecular formula is C11H18N4O2S. The lowest BCUT2D eigenvalue weighted by Gasteiger charge is -2.25. The van der Waals surface area contributed by atoms with Crippen molar-refractivity contribution in [3.63, 3.8) is 0 Å². The third-order valence-electron chi connectivity index (χ3n) is 2.66. The molecule has 1 fully saturated rings. The van der Waals surface area contributed by atoms with Gasteiger partial charge < -0.3 is 15.8 Å². The Bertz CT molecular complexity index is 390. The number of anilines is 1. The number of aromatic nitrogens is 1. The molecule has 0 aliphatic carbocycles. The summed E-state index contributed by atoms with van der Waals surface area (Å²) < 4.78 is 5.29. The molecule has 2 rings (SSSR count). The van der Waals surface area contributed by atoms with Crippen molar-refractivity contribution in [2.24, 2.45) is 5.73 Å². The number of amides is 1. The number of ether oxygens (including phenoxy) is 1. The molecule has 0 bridgehead atoms. The Balaban J connectivity index is 1.83. The van der Waals surface area contributed by atoms with Crippen LogP contribution in [-0.2, 0) is 16.1 Å². The van der Waals surface area contributed by atoms with Gasteiger partial charge in [0.05, 0.1) is 18.9 Å². The fourth-order valence-corrected chi connectivity index (χ4v) is 2.46. The molecule has 3 N–H and O–H groups in total. The van der Waals surface area contributed by atoms with Gasteiger partial charge in [0.1, 0.15) is 0 Å². The van der Waals surface area contributed by atoms with Gasteiger partial charge in [-0.1, -0.05) is 0 Å².